The van der Waals surface area contributed by atoms with Crippen molar-refractivity contribution in [2.75, 3.05) is 11.9 Å². The number of nitrogens with one attached hydrogen (secondary N) is 1. The van der Waals surface area contributed by atoms with Crippen LogP contribution in [0.1, 0.15) is 33.3 Å². The average molecular weight is 347 g/mol. The van der Waals surface area contributed by atoms with E-state index in [1.165, 1.54) is 30.9 Å². The van der Waals surface area contributed by atoms with Crippen LogP contribution in [0.4, 0.5) is 18.2 Å². The lowest BCUT2D eigenvalue weighted by atomic mass is 10.1. The van der Waals surface area contributed by atoms with Gasteiger partial charge in [0.2, 0.25) is 0 Å². The molecule has 0 saturated carbocycles. The number of hydrogen-bond acceptors (Lipinski definition) is 5. The van der Waals surface area contributed by atoms with Crippen molar-refractivity contribution in [1.82, 2.24) is 9.78 Å². The number of carbonyl (C=O) groups is 2. The number of ether oxygens (including phenoxy) is 1. The van der Waals surface area contributed by atoms with E-state index in [1.54, 1.807) is 0 Å². The number of hydrogen-bond donors (Lipinski definition) is 1. The summed E-state index contributed by atoms with van der Waals surface area (Å²) in [6, 6.07) is 1.40. The maximum absolute atomic E-state index is 13.0. The van der Waals surface area contributed by atoms with Crippen LogP contribution in [0.15, 0.2) is 17.6 Å². The van der Waals surface area contributed by atoms with Crippen LogP contribution < -0.4 is 5.32 Å². The first-order valence-corrected chi connectivity index (χ1v) is 7.28. The Hall–Kier alpha value is -2.36. The van der Waals surface area contributed by atoms with Gasteiger partial charge in [-0.3, -0.25) is 9.48 Å². The van der Waals surface area contributed by atoms with Gasteiger partial charge in [0.15, 0.2) is 0 Å². The molecule has 0 spiro atoms. The molecule has 0 aliphatic heterocycles. The molecule has 0 aliphatic carbocycles. The Kier molecular flexibility index (Phi) is 4.73. The molecule has 2 rings (SSSR count). The number of alkyl halides is 3. The van der Waals surface area contributed by atoms with Crippen molar-refractivity contribution in [3.05, 3.63) is 34.5 Å². The van der Waals surface area contributed by atoms with Crippen molar-refractivity contribution in [2.24, 2.45) is 7.05 Å². The summed E-state index contributed by atoms with van der Waals surface area (Å²) in [7, 11) is 1.51. The second-order valence-electron chi connectivity index (χ2n) is 4.37. The molecular formula is C13H12F3N3O3S. The van der Waals surface area contributed by atoms with E-state index in [9.17, 15) is 22.8 Å². The molecule has 1 N–H and O–H groups in total. The highest BCUT2D eigenvalue weighted by Gasteiger charge is 2.39. The molecule has 0 unspecified atom stereocenters. The van der Waals surface area contributed by atoms with E-state index in [4.69, 9.17) is 0 Å². The molecule has 6 nitrogen and oxygen atoms in total. The number of amides is 1. The van der Waals surface area contributed by atoms with Crippen LogP contribution in [0.5, 0.6) is 0 Å². The zero-order chi connectivity index (χ0) is 17.2. The third-order valence-corrected chi connectivity index (χ3v) is 3.75. The van der Waals surface area contributed by atoms with Gasteiger partial charge in [0, 0.05) is 18.6 Å². The van der Waals surface area contributed by atoms with E-state index in [0.717, 1.165) is 5.38 Å². The molecule has 2 aromatic rings. The summed E-state index contributed by atoms with van der Waals surface area (Å²) in [5.41, 5.74) is -1.69. The number of aryl methyl sites for hydroxylation is 1. The molecule has 2 aromatic heterocycles. The number of esters is 1. The van der Waals surface area contributed by atoms with E-state index in [0.29, 0.717) is 11.3 Å². The molecule has 23 heavy (non-hydrogen) atoms. The van der Waals surface area contributed by atoms with Gasteiger partial charge in [-0.2, -0.15) is 18.3 Å². The Morgan fingerprint density at radius 2 is 2.13 bits per heavy atom. The number of aromatic nitrogens is 2. The topological polar surface area (TPSA) is 73.2 Å². The Balaban J connectivity index is 2.39. The summed E-state index contributed by atoms with van der Waals surface area (Å²) in [5, 5.41) is 6.65. The first-order valence-electron chi connectivity index (χ1n) is 6.40. The van der Waals surface area contributed by atoms with Gasteiger partial charge in [-0.1, -0.05) is 0 Å². The summed E-state index contributed by atoms with van der Waals surface area (Å²) in [6.45, 7) is 1.40. The summed E-state index contributed by atoms with van der Waals surface area (Å²) in [5.74, 6) is -1.81. The predicted octanol–water partition coefficient (Wildman–Crippen LogP) is 2.93. The fourth-order valence-corrected chi connectivity index (χ4v) is 2.78. The molecule has 0 fully saturated rings. The van der Waals surface area contributed by atoms with E-state index in [1.807, 2.05) is 0 Å². The van der Waals surface area contributed by atoms with E-state index < -0.39 is 29.2 Å². The predicted molar refractivity (Wildman–Crippen MR) is 76.4 cm³/mol. The Morgan fingerprint density at radius 3 is 2.65 bits per heavy atom. The number of halogens is 3. The SMILES string of the molecule is CCOC(=O)c1c(C(F)(F)F)csc1NC(=O)c1ccnn1C. The van der Waals surface area contributed by atoms with Crippen LogP contribution in [-0.4, -0.2) is 28.3 Å². The Morgan fingerprint density at radius 1 is 1.43 bits per heavy atom. The van der Waals surface area contributed by atoms with E-state index >= 15 is 0 Å². The number of anilines is 1. The van der Waals surface area contributed by atoms with E-state index in [2.05, 4.69) is 15.2 Å². The van der Waals surface area contributed by atoms with Crippen molar-refractivity contribution < 1.29 is 27.5 Å². The molecule has 2 heterocycles. The summed E-state index contributed by atoms with van der Waals surface area (Å²) < 4.78 is 44.9. The van der Waals surface area contributed by atoms with Crippen LogP contribution in [0, 0.1) is 0 Å². The largest absolute Gasteiger partial charge is 0.462 e. The number of carbonyl (C=O) groups excluding carboxylic acids is 2. The molecule has 10 heteroatoms. The van der Waals surface area contributed by atoms with Crippen LogP contribution in [0.3, 0.4) is 0 Å². The number of thiophene rings is 1. The van der Waals surface area contributed by atoms with Crippen molar-refractivity contribution >= 4 is 28.2 Å². The quantitative estimate of drug-likeness (QED) is 0.863. The number of nitrogens with zero attached hydrogens (tertiary/aromatic N) is 2. The smallest absolute Gasteiger partial charge is 0.418 e. The molecule has 0 aromatic carbocycles. The van der Waals surface area contributed by atoms with Gasteiger partial charge in [0.05, 0.1) is 12.2 Å². The summed E-state index contributed by atoms with van der Waals surface area (Å²) in [4.78, 5) is 23.9. The molecule has 0 saturated heterocycles. The maximum atomic E-state index is 13.0. The van der Waals surface area contributed by atoms with Crippen LogP contribution in [-0.2, 0) is 18.0 Å². The van der Waals surface area contributed by atoms with Crippen LogP contribution >= 0.6 is 11.3 Å². The lowest BCUT2D eigenvalue weighted by Crippen LogP contribution is -2.19. The monoisotopic (exact) mass is 347 g/mol. The third kappa shape index (κ3) is 3.52. The van der Waals surface area contributed by atoms with Crippen molar-refractivity contribution in [2.45, 2.75) is 13.1 Å². The van der Waals surface area contributed by atoms with Gasteiger partial charge < -0.3 is 10.1 Å². The lowest BCUT2D eigenvalue weighted by Gasteiger charge is -2.10. The fraction of sp³-hybridized carbons (Fsp3) is 0.308. The third-order valence-electron chi connectivity index (χ3n) is 2.86. The Bertz CT molecular complexity index is 736. The van der Waals surface area contributed by atoms with Gasteiger partial charge in [0.1, 0.15) is 16.3 Å². The minimum Gasteiger partial charge on any atom is -0.462 e. The van der Waals surface area contributed by atoms with Gasteiger partial charge >= 0.3 is 12.1 Å². The van der Waals surface area contributed by atoms with Gasteiger partial charge in [-0.25, -0.2) is 4.79 Å². The average Bonchev–Trinajstić information content (AvgIpc) is 3.04. The minimum absolute atomic E-state index is 0.0822. The van der Waals surface area contributed by atoms with Crippen molar-refractivity contribution in [3.8, 4) is 0 Å². The minimum atomic E-state index is -4.73. The first-order chi connectivity index (χ1) is 10.8. The van der Waals surface area contributed by atoms with Crippen molar-refractivity contribution in [1.29, 1.82) is 0 Å². The van der Waals surface area contributed by atoms with Crippen LogP contribution in [0.2, 0.25) is 0 Å². The molecule has 0 aliphatic rings. The highest BCUT2D eigenvalue weighted by molar-refractivity contribution is 7.15. The van der Waals surface area contributed by atoms with Crippen molar-refractivity contribution in [3.63, 3.8) is 0 Å². The van der Waals surface area contributed by atoms with Gasteiger partial charge in [-0.15, -0.1) is 11.3 Å². The number of rotatable bonds is 4. The standard InChI is InChI=1S/C13H12F3N3O3S/c1-3-22-12(21)9-7(13(14,15)16)6-23-11(9)18-10(20)8-4-5-17-19(8)2/h4-6H,3H2,1-2H3,(H,18,20). The van der Waals surface area contributed by atoms with Gasteiger partial charge in [-0.05, 0) is 13.0 Å². The van der Waals surface area contributed by atoms with Crippen LogP contribution in [0.25, 0.3) is 0 Å². The zero-order valence-electron chi connectivity index (χ0n) is 12.1. The first kappa shape index (κ1) is 17.0. The molecule has 1 amide bonds. The molecule has 0 bridgehead atoms. The Labute approximate surface area is 132 Å². The second-order valence-corrected chi connectivity index (χ2v) is 5.25. The second kappa shape index (κ2) is 6.41. The highest BCUT2D eigenvalue weighted by atomic mass is 32.1. The summed E-state index contributed by atoms with van der Waals surface area (Å²) >= 11 is 0.606. The normalized spacial score (nSPS) is 11.3. The molecule has 0 atom stereocenters. The molecule has 0 radical (unpaired) electrons. The summed E-state index contributed by atoms with van der Waals surface area (Å²) in [6.07, 6.45) is -3.36. The van der Waals surface area contributed by atoms with Gasteiger partial charge in [0.25, 0.3) is 5.91 Å². The van der Waals surface area contributed by atoms with E-state index in [-0.39, 0.29) is 17.3 Å². The molecular weight excluding hydrogens is 335 g/mol. The fourth-order valence-electron chi connectivity index (χ4n) is 1.83. The lowest BCUT2D eigenvalue weighted by molar-refractivity contribution is -0.137. The highest BCUT2D eigenvalue weighted by Crippen LogP contribution is 2.40. The zero-order valence-corrected chi connectivity index (χ0v) is 12.9. The molecule has 124 valence electrons. The maximum Gasteiger partial charge on any atom is 0.418 e.